The predicted octanol–water partition coefficient (Wildman–Crippen LogP) is 1.72. The van der Waals surface area contributed by atoms with Crippen LogP contribution in [0.4, 0.5) is 0 Å². The fraction of sp³-hybridized carbons (Fsp3) is 0.875. The summed E-state index contributed by atoms with van der Waals surface area (Å²) in [5, 5.41) is 6.40. The first-order chi connectivity index (χ1) is 4.83. The molecule has 0 aromatic carbocycles. The van der Waals surface area contributed by atoms with Crippen LogP contribution < -0.4 is 0 Å². The Morgan fingerprint density at radius 3 is 3.00 bits per heavy atom. The Hall–Kier alpha value is -0.530. The van der Waals surface area contributed by atoms with Gasteiger partial charge < -0.3 is 0 Å². The molecule has 1 fully saturated rings. The van der Waals surface area contributed by atoms with Gasteiger partial charge in [-0.15, -0.1) is 0 Å². The minimum Gasteiger partial charge on any atom is -0.297 e. The van der Waals surface area contributed by atoms with Crippen molar-refractivity contribution in [1.29, 1.82) is 0 Å². The summed E-state index contributed by atoms with van der Waals surface area (Å²) in [4.78, 5) is 0. The lowest BCUT2D eigenvalue weighted by Crippen LogP contribution is -2.29. The van der Waals surface area contributed by atoms with Gasteiger partial charge >= 0.3 is 0 Å². The standard InChI is InChI=1S/C8H16N2/c1-3-9-10-6-4-5-8(2)7-10/h3,8H,4-7H2,1-2H3/b9-3-. The van der Waals surface area contributed by atoms with Crippen LogP contribution in [0.2, 0.25) is 0 Å². The molecule has 0 saturated carbocycles. The average Bonchev–Trinajstić information content (AvgIpc) is 1.88. The number of nitrogens with zero attached hydrogens (tertiary/aromatic N) is 2. The maximum atomic E-state index is 4.24. The molecule has 2 nitrogen and oxygen atoms in total. The van der Waals surface area contributed by atoms with E-state index < -0.39 is 0 Å². The fourth-order valence-corrected chi connectivity index (χ4v) is 1.43. The van der Waals surface area contributed by atoms with Gasteiger partial charge in [0.2, 0.25) is 0 Å². The van der Waals surface area contributed by atoms with Gasteiger partial charge in [0.1, 0.15) is 0 Å². The van der Waals surface area contributed by atoms with Crippen molar-refractivity contribution in [2.75, 3.05) is 13.1 Å². The van der Waals surface area contributed by atoms with E-state index in [-0.39, 0.29) is 0 Å². The number of piperidine rings is 1. The SMILES string of the molecule is C/C=N\N1CCCC(C)C1. The Morgan fingerprint density at radius 2 is 2.40 bits per heavy atom. The Balaban J connectivity index is 2.32. The maximum Gasteiger partial charge on any atom is 0.0385 e. The smallest absolute Gasteiger partial charge is 0.0385 e. The Kier molecular flexibility index (Phi) is 2.72. The van der Waals surface area contributed by atoms with Crippen LogP contribution >= 0.6 is 0 Å². The average molecular weight is 140 g/mol. The molecule has 58 valence electrons. The molecule has 0 aromatic heterocycles. The van der Waals surface area contributed by atoms with E-state index in [9.17, 15) is 0 Å². The van der Waals surface area contributed by atoms with Gasteiger partial charge in [-0.25, -0.2) is 0 Å². The molecule has 0 radical (unpaired) electrons. The molecule has 10 heavy (non-hydrogen) atoms. The summed E-state index contributed by atoms with van der Waals surface area (Å²) in [7, 11) is 0. The number of rotatable bonds is 1. The highest BCUT2D eigenvalue weighted by Crippen LogP contribution is 2.14. The topological polar surface area (TPSA) is 15.6 Å². The molecule has 1 saturated heterocycles. The van der Waals surface area contributed by atoms with Crippen LogP contribution in [-0.2, 0) is 0 Å². The van der Waals surface area contributed by atoms with E-state index in [0.717, 1.165) is 19.0 Å². The second kappa shape index (κ2) is 3.59. The summed E-state index contributed by atoms with van der Waals surface area (Å²) in [6, 6.07) is 0. The molecule has 1 aliphatic rings. The lowest BCUT2D eigenvalue weighted by molar-refractivity contribution is 0.192. The minimum atomic E-state index is 0.831. The van der Waals surface area contributed by atoms with E-state index in [1.807, 2.05) is 13.1 Å². The van der Waals surface area contributed by atoms with E-state index in [4.69, 9.17) is 0 Å². The summed E-state index contributed by atoms with van der Waals surface area (Å²) in [6.45, 7) is 6.55. The highest BCUT2D eigenvalue weighted by atomic mass is 15.4. The van der Waals surface area contributed by atoms with E-state index in [1.54, 1.807) is 0 Å². The second-order valence-corrected chi connectivity index (χ2v) is 3.03. The van der Waals surface area contributed by atoms with Crippen molar-refractivity contribution in [3.05, 3.63) is 0 Å². The van der Waals surface area contributed by atoms with Gasteiger partial charge in [0.15, 0.2) is 0 Å². The summed E-state index contributed by atoms with van der Waals surface area (Å²) in [5.74, 6) is 0.831. The minimum absolute atomic E-state index is 0.831. The highest BCUT2D eigenvalue weighted by Gasteiger charge is 2.13. The molecule has 0 amide bonds. The van der Waals surface area contributed by atoms with Gasteiger partial charge in [-0.1, -0.05) is 6.92 Å². The van der Waals surface area contributed by atoms with Crippen molar-refractivity contribution in [3.8, 4) is 0 Å². The number of hydrazone groups is 1. The van der Waals surface area contributed by atoms with Gasteiger partial charge in [-0.2, -0.15) is 5.10 Å². The van der Waals surface area contributed by atoms with Gasteiger partial charge in [0.05, 0.1) is 0 Å². The summed E-state index contributed by atoms with van der Waals surface area (Å²) < 4.78 is 0. The van der Waals surface area contributed by atoms with Gasteiger partial charge in [0.25, 0.3) is 0 Å². The van der Waals surface area contributed by atoms with E-state index in [2.05, 4.69) is 17.0 Å². The quantitative estimate of drug-likeness (QED) is 0.506. The van der Waals surface area contributed by atoms with Crippen LogP contribution in [0.15, 0.2) is 5.10 Å². The molecule has 1 aliphatic heterocycles. The van der Waals surface area contributed by atoms with Gasteiger partial charge in [-0.05, 0) is 25.7 Å². The molecule has 1 rings (SSSR count). The van der Waals surface area contributed by atoms with Crippen molar-refractivity contribution in [2.24, 2.45) is 11.0 Å². The lowest BCUT2D eigenvalue weighted by atomic mass is 10.0. The van der Waals surface area contributed by atoms with Crippen molar-refractivity contribution >= 4 is 6.21 Å². The zero-order valence-corrected chi connectivity index (χ0v) is 6.88. The third-order valence-electron chi connectivity index (χ3n) is 1.91. The zero-order chi connectivity index (χ0) is 7.40. The van der Waals surface area contributed by atoms with E-state index >= 15 is 0 Å². The van der Waals surface area contributed by atoms with Crippen LogP contribution in [0.25, 0.3) is 0 Å². The monoisotopic (exact) mass is 140 g/mol. The molecule has 1 heterocycles. The largest absolute Gasteiger partial charge is 0.297 e. The molecule has 1 atom stereocenters. The summed E-state index contributed by atoms with van der Waals surface area (Å²) in [5.41, 5.74) is 0. The number of hydrogen-bond donors (Lipinski definition) is 0. The van der Waals surface area contributed by atoms with Crippen molar-refractivity contribution in [1.82, 2.24) is 5.01 Å². The fourth-order valence-electron chi connectivity index (χ4n) is 1.43. The first-order valence-corrected chi connectivity index (χ1v) is 4.06. The molecule has 1 unspecified atom stereocenters. The zero-order valence-electron chi connectivity index (χ0n) is 6.88. The van der Waals surface area contributed by atoms with Crippen molar-refractivity contribution < 1.29 is 0 Å². The number of hydrogen-bond acceptors (Lipinski definition) is 2. The van der Waals surface area contributed by atoms with Crippen molar-refractivity contribution in [3.63, 3.8) is 0 Å². The van der Waals surface area contributed by atoms with Crippen LogP contribution in [0.3, 0.4) is 0 Å². The molecule has 0 bridgehead atoms. The molecule has 0 aromatic rings. The normalized spacial score (nSPS) is 27.8. The van der Waals surface area contributed by atoms with Crippen LogP contribution in [-0.4, -0.2) is 24.3 Å². The summed E-state index contributed by atoms with van der Waals surface area (Å²) in [6.07, 6.45) is 4.55. The Morgan fingerprint density at radius 1 is 1.60 bits per heavy atom. The van der Waals surface area contributed by atoms with Crippen molar-refractivity contribution in [2.45, 2.75) is 26.7 Å². The van der Waals surface area contributed by atoms with E-state index in [1.165, 1.54) is 12.8 Å². The third-order valence-corrected chi connectivity index (χ3v) is 1.91. The molecule has 0 aliphatic carbocycles. The first-order valence-electron chi connectivity index (χ1n) is 4.06. The molecule has 0 spiro atoms. The molecular formula is C8H16N2. The van der Waals surface area contributed by atoms with Gasteiger partial charge in [0, 0.05) is 19.3 Å². The molecule has 0 N–H and O–H groups in total. The van der Waals surface area contributed by atoms with Crippen LogP contribution in [0.1, 0.15) is 26.7 Å². The Labute approximate surface area is 62.9 Å². The second-order valence-electron chi connectivity index (χ2n) is 3.03. The molecule has 2 heteroatoms. The Bertz CT molecular complexity index is 120. The maximum absolute atomic E-state index is 4.24. The first kappa shape index (κ1) is 7.58. The van der Waals surface area contributed by atoms with Gasteiger partial charge in [-0.3, -0.25) is 5.01 Å². The highest BCUT2D eigenvalue weighted by molar-refractivity contribution is 5.52. The lowest BCUT2D eigenvalue weighted by Gasteiger charge is -2.28. The van der Waals surface area contributed by atoms with Crippen LogP contribution in [0.5, 0.6) is 0 Å². The van der Waals surface area contributed by atoms with E-state index in [0.29, 0.717) is 0 Å². The van der Waals surface area contributed by atoms with Crippen LogP contribution in [0, 0.1) is 5.92 Å². The summed E-state index contributed by atoms with van der Waals surface area (Å²) >= 11 is 0. The molecular weight excluding hydrogens is 124 g/mol. The predicted molar refractivity (Wildman–Crippen MR) is 44.1 cm³/mol. The third kappa shape index (κ3) is 2.01.